The van der Waals surface area contributed by atoms with Crippen LogP contribution < -0.4 is 5.50 Å². The highest BCUT2D eigenvalue weighted by molar-refractivity contribution is 7.51. The largest absolute Gasteiger partial charge is 0.396 e. The predicted molar refractivity (Wildman–Crippen MR) is 62.0 cm³/mol. The third-order valence-corrected chi connectivity index (χ3v) is 4.35. The Morgan fingerprint density at radius 3 is 3.07 bits per heavy atom. The van der Waals surface area contributed by atoms with E-state index in [1.54, 1.807) is 0 Å². The predicted octanol–water partition coefficient (Wildman–Crippen LogP) is 2.97. The zero-order valence-electron chi connectivity index (χ0n) is 8.73. The van der Waals surface area contributed by atoms with Gasteiger partial charge in [0.25, 0.3) is 0 Å². The van der Waals surface area contributed by atoms with E-state index in [1.807, 2.05) is 0 Å². The fourth-order valence-corrected chi connectivity index (χ4v) is 2.36. The summed E-state index contributed by atoms with van der Waals surface area (Å²) in [6, 6.07) is 0. The second-order valence-corrected chi connectivity index (χ2v) is 5.60. The zero-order chi connectivity index (χ0) is 10.1. The molecule has 0 spiro atoms. The van der Waals surface area contributed by atoms with Crippen LogP contribution in [0.5, 0.6) is 0 Å². The zero-order valence-corrected chi connectivity index (χ0v) is 9.63. The van der Waals surface area contributed by atoms with Gasteiger partial charge in [-0.1, -0.05) is 13.0 Å². The number of hydrogen-bond donors (Lipinski definition) is 1. The van der Waals surface area contributed by atoms with E-state index < -0.39 is 7.92 Å². The van der Waals surface area contributed by atoms with Crippen LogP contribution in [0.1, 0.15) is 26.7 Å². The highest BCUT2D eigenvalue weighted by Gasteiger charge is 2.36. The fourth-order valence-electron chi connectivity index (χ4n) is 1.54. The van der Waals surface area contributed by atoms with Crippen LogP contribution in [-0.4, -0.2) is 5.29 Å². The van der Waals surface area contributed by atoms with E-state index in [4.69, 9.17) is 10.0 Å². The number of hydrogen-bond acceptors (Lipinski definition) is 2. The highest BCUT2D eigenvalue weighted by atomic mass is 31.1. The number of allylic oxidation sites excluding steroid dienone is 3. The molecule has 0 aromatic heterocycles. The van der Waals surface area contributed by atoms with E-state index in [0.717, 1.165) is 24.0 Å². The Hall–Kier alpha value is -0.590. The van der Waals surface area contributed by atoms with Crippen molar-refractivity contribution in [1.82, 2.24) is 0 Å². The molecule has 2 N–H and O–H groups in total. The van der Waals surface area contributed by atoms with E-state index in [-0.39, 0.29) is 0 Å². The van der Waals surface area contributed by atoms with Crippen LogP contribution in [0.15, 0.2) is 24.0 Å². The third-order valence-electron chi connectivity index (χ3n) is 2.87. The molecule has 0 aromatic rings. The second-order valence-electron chi connectivity index (χ2n) is 4.00. The van der Waals surface area contributed by atoms with Crippen molar-refractivity contribution in [3.8, 4) is 0 Å². The van der Waals surface area contributed by atoms with Gasteiger partial charge < -0.3 is 0 Å². The molecule has 3 unspecified atom stereocenters. The summed E-state index contributed by atoms with van der Waals surface area (Å²) in [5, 5.41) is 1.26. The lowest BCUT2D eigenvalue weighted by Crippen LogP contribution is -1.98. The van der Waals surface area contributed by atoms with Gasteiger partial charge in [-0.15, -0.1) is 5.50 Å². The van der Waals surface area contributed by atoms with Gasteiger partial charge >= 0.3 is 7.92 Å². The molecule has 0 bridgehead atoms. The minimum absolute atomic E-state index is 0.736. The Labute approximate surface area is 86.4 Å². The summed E-state index contributed by atoms with van der Waals surface area (Å²) in [6.45, 7) is 4.18. The van der Waals surface area contributed by atoms with Crippen molar-refractivity contribution >= 4 is 13.2 Å². The van der Waals surface area contributed by atoms with E-state index in [9.17, 15) is 0 Å². The van der Waals surface area contributed by atoms with Crippen molar-refractivity contribution in [2.75, 3.05) is 0 Å². The minimum Gasteiger partial charge on any atom is -0.271 e. The fraction of sp³-hybridized carbons (Fsp3) is 0.545. The molecule has 1 fully saturated rings. The summed E-state index contributed by atoms with van der Waals surface area (Å²) in [6.07, 6.45) is 8.83. The van der Waals surface area contributed by atoms with Gasteiger partial charge in [0, 0.05) is 13.3 Å². The average molecular weight is 210 g/mol. The maximum atomic E-state index is 5.95. The highest BCUT2D eigenvalue weighted by Crippen LogP contribution is 2.45. The number of fused-ring (bicyclic) bond motifs is 1. The Bertz CT molecular complexity index is 330. The molecule has 3 atom stereocenters. The van der Waals surface area contributed by atoms with Gasteiger partial charge in [0.1, 0.15) is 0 Å². The molecule has 0 radical (unpaired) electrons. The Morgan fingerprint density at radius 2 is 2.43 bits per heavy atom. The molecule has 0 heterocycles. The summed E-state index contributed by atoms with van der Waals surface area (Å²) in [7, 11) is -0.868. The minimum atomic E-state index is -0.868. The average Bonchev–Trinajstić information content (AvgIpc) is 2.94. The monoisotopic (exact) mass is 210 g/mol. The summed E-state index contributed by atoms with van der Waals surface area (Å²) < 4.78 is 5.72. The smallest absolute Gasteiger partial charge is 0.271 e. The Kier molecular flexibility index (Phi) is 2.76. The third kappa shape index (κ3) is 2.08. The van der Waals surface area contributed by atoms with E-state index >= 15 is 0 Å². The first-order valence-electron chi connectivity index (χ1n) is 5.16. The topological polar surface area (TPSA) is 35.2 Å². The maximum absolute atomic E-state index is 5.95. The van der Waals surface area contributed by atoms with Gasteiger partial charge in [-0.05, 0) is 30.4 Å². The van der Waals surface area contributed by atoms with Crippen molar-refractivity contribution < 1.29 is 4.52 Å². The normalized spacial score (nSPS) is 30.4. The lowest BCUT2D eigenvalue weighted by molar-refractivity contribution is 0.496. The first kappa shape index (κ1) is 9.95. The van der Waals surface area contributed by atoms with Crippen molar-refractivity contribution in [2.45, 2.75) is 26.7 Å². The van der Waals surface area contributed by atoms with Crippen molar-refractivity contribution in [3.63, 3.8) is 0 Å². The van der Waals surface area contributed by atoms with Gasteiger partial charge in [-0.2, -0.15) is 0 Å². The summed E-state index contributed by atoms with van der Waals surface area (Å²) >= 11 is 0. The van der Waals surface area contributed by atoms with Gasteiger partial charge in [0.05, 0.1) is 0 Å². The van der Waals surface area contributed by atoms with Crippen LogP contribution in [0.3, 0.4) is 0 Å². The van der Waals surface area contributed by atoms with Crippen LogP contribution in [0.4, 0.5) is 0 Å². The lowest BCUT2D eigenvalue weighted by Gasteiger charge is -2.01. The number of nitrogens with two attached hydrogens (primary N) is 1. The molecule has 0 amide bonds. The van der Waals surface area contributed by atoms with Crippen LogP contribution in [-0.2, 0) is 4.52 Å². The summed E-state index contributed by atoms with van der Waals surface area (Å²) in [5.41, 5.74) is 5.95. The standard InChI is InChI=1S/C11H17NOP/c1-3-8(2)14(12)13-11-5-4-9-6-10(9)7-11/h4-5,7,9-10H,3,6,12H2,1-2H3/q+1. The van der Waals surface area contributed by atoms with E-state index in [1.165, 1.54) is 11.7 Å². The van der Waals surface area contributed by atoms with Crippen LogP contribution in [0.2, 0.25) is 0 Å². The quantitative estimate of drug-likeness (QED) is 0.727. The molecule has 76 valence electrons. The molecule has 2 aliphatic carbocycles. The lowest BCUT2D eigenvalue weighted by atomic mass is 10.2. The van der Waals surface area contributed by atoms with E-state index in [0.29, 0.717) is 0 Å². The summed E-state index contributed by atoms with van der Waals surface area (Å²) in [4.78, 5) is 0. The molecule has 2 aliphatic rings. The Morgan fingerprint density at radius 1 is 1.64 bits per heavy atom. The van der Waals surface area contributed by atoms with Crippen molar-refractivity contribution in [2.24, 2.45) is 17.3 Å². The van der Waals surface area contributed by atoms with Gasteiger partial charge in [-0.25, -0.2) is 0 Å². The molecule has 2 nitrogen and oxygen atoms in total. The van der Waals surface area contributed by atoms with Gasteiger partial charge in [-0.3, -0.25) is 4.52 Å². The SMILES string of the molecule is CCC(C)=[P+](N)OC1=CC2CC2C=C1. The summed E-state index contributed by atoms with van der Waals surface area (Å²) in [5.74, 6) is 2.51. The van der Waals surface area contributed by atoms with Gasteiger partial charge in [0.2, 0.25) is 0 Å². The molecule has 0 aliphatic heterocycles. The first-order chi connectivity index (χ1) is 6.70. The molecule has 3 heteroatoms. The molecule has 14 heavy (non-hydrogen) atoms. The Balaban J connectivity index is 2.01. The first-order valence-corrected chi connectivity index (χ1v) is 6.49. The molecule has 0 saturated heterocycles. The van der Waals surface area contributed by atoms with Crippen LogP contribution in [0, 0.1) is 11.8 Å². The van der Waals surface area contributed by atoms with E-state index in [2.05, 4.69) is 32.1 Å². The molecular formula is C11H17NOP+. The molecular weight excluding hydrogens is 193 g/mol. The number of rotatable bonds is 3. The molecule has 2 rings (SSSR count). The maximum Gasteiger partial charge on any atom is 0.396 e. The molecule has 1 saturated carbocycles. The molecule has 0 aromatic carbocycles. The van der Waals surface area contributed by atoms with Gasteiger partial charge in [0.15, 0.2) is 11.1 Å². The van der Waals surface area contributed by atoms with Crippen molar-refractivity contribution in [1.29, 1.82) is 0 Å². The second kappa shape index (κ2) is 3.88. The van der Waals surface area contributed by atoms with Crippen molar-refractivity contribution in [3.05, 3.63) is 24.0 Å². The van der Waals surface area contributed by atoms with Crippen LogP contribution in [0.25, 0.3) is 0 Å². The van der Waals surface area contributed by atoms with Crippen LogP contribution >= 0.6 is 7.92 Å².